The van der Waals surface area contributed by atoms with E-state index < -0.39 is 0 Å². The molecule has 0 aliphatic carbocycles. The number of hydrogen-bond acceptors (Lipinski definition) is 4. The Kier molecular flexibility index (Phi) is 4.34. The van der Waals surface area contributed by atoms with E-state index in [1.54, 1.807) is 0 Å². The summed E-state index contributed by atoms with van der Waals surface area (Å²) in [5.74, 6) is 0.268. The van der Waals surface area contributed by atoms with Crippen molar-refractivity contribution >= 4 is 0 Å². The average molecular weight is 276 g/mol. The molecule has 3 heterocycles. The quantitative estimate of drug-likeness (QED) is 0.913. The fourth-order valence-electron chi connectivity index (χ4n) is 3.59. The largest absolute Gasteiger partial charge is 0.393 e. The number of nitrogens with zero attached hydrogens (tertiary/aromatic N) is 2. The van der Waals surface area contributed by atoms with Crippen LogP contribution in [0.3, 0.4) is 0 Å². The fraction of sp³-hybridized carbons (Fsp3) is 0.688. The zero-order valence-corrected chi connectivity index (χ0v) is 12.2. The highest BCUT2D eigenvalue weighted by molar-refractivity contribution is 5.16. The van der Waals surface area contributed by atoms with Crippen LogP contribution in [0.4, 0.5) is 0 Å². The standard InChI is InChI=1S/C16H24N2O2/c1-12-7-13(9-17-8-12)10-18-5-2-3-15(18)14-11-20-6-4-16(14)19/h7-9,14-16,19H,2-6,10-11H2,1H3. The summed E-state index contributed by atoms with van der Waals surface area (Å²) in [6.45, 7) is 5.53. The Hall–Kier alpha value is -0.970. The Morgan fingerprint density at radius 1 is 1.40 bits per heavy atom. The van der Waals surface area contributed by atoms with E-state index in [0.717, 1.165) is 19.5 Å². The lowest BCUT2D eigenvalue weighted by Gasteiger charge is -2.37. The summed E-state index contributed by atoms with van der Waals surface area (Å²) in [5.41, 5.74) is 2.47. The first-order valence-electron chi connectivity index (χ1n) is 7.64. The first-order chi connectivity index (χ1) is 9.74. The average Bonchev–Trinajstić information content (AvgIpc) is 2.87. The molecule has 1 aromatic heterocycles. The van der Waals surface area contributed by atoms with Crippen molar-refractivity contribution in [2.75, 3.05) is 19.8 Å². The summed E-state index contributed by atoms with van der Waals surface area (Å²) in [6, 6.07) is 2.65. The van der Waals surface area contributed by atoms with E-state index in [9.17, 15) is 5.11 Å². The normalized spacial score (nSPS) is 31.6. The molecule has 110 valence electrons. The molecule has 1 N–H and O–H groups in total. The van der Waals surface area contributed by atoms with Crippen LogP contribution in [-0.4, -0.2) is 46.9 Å². The predicted octanol–water partition coefficient (Wildman–Crippen LogP) is 1.75. The van der Waals surface area contributed by atoms with E-state index in [1.165, 1.54) is 24.0 Å². The van der Waals surface area contributed by atoms with Crippen molar-refractivity contribution in [1.82, 2.24) is 9.88 Å². The number of aliphatic hydroxyl groups excluding tert-OH is 1. The van der Waals surface area contributed by atoms with Gasteiger partial charge in [0.25, 0.3) is 0 Å². The highest BCUT2D eigenvalue weighted by Gasteiger charge is 2.37. The number of ether oxygens (including phenoxy) is 1. The molecule has 2 saturated heterocycles. The van der Waals surface area contributed by atoms with Crippen LogP contribution >= 0.6 is 0 Å². The SMILES string of the molecule is Cc1cncc(CN2CCCC2C2COCCC2O)c1. The second-order valence-corrected chi connectivity index (χ2v) is 6.15. The Morgan fingerprint density at radius 3 is 3.10 bits per heavy atom. The predicted molar refractivity (Wildman–Crippen MR) is 77.3 cm³/mol. The lowest BCUT2D eigenvalue weighted by Crippen LogP contribution is -2.45. The van der Waals surface area contributed by atoms with Gasteiger partial charge in [0.15, 0.2) is 0 Å². The van der Waals surface area contributed by atoms with Gasteiger partial charge in [0.05, 0.1) is 12.7 Å². The molecule has 0 aromatic carbocycles. The summed E-state index contributed by atoms with van der Waals surface area (Å²) in [7, 11) is 0. The van der Waals surface area contributed by atoms with Crippen LogP contribution < -0.4 is 0 Å². The molecule has 0 bridgehead atoms. The van der Waals surface area contributed by atoms with Crippen molar-refractivity contribution in [2.45, 2.75) is 44.9 Å². The molecule has 2 aliphatic rings. The molecule has 3 atom stereocenters. The minimum atomic E-state index is -0.204. The number of aryl methyl sites for hydroxylation is 1. The summed E-state index contributed by atoms with van der Waals surface area (Å²) >= 11 is 0. The molecule has 4 nitrogen and oxygen atoms in total. The summed E-state index contributed by atoms with van der Waals surface area (Å²) in [4.78, 5) is 6.78. The third-order valence-electron chi connectivity index (χ3n) is 4.59. The summed E-state index contributed by atoms with van der Waals surface area (Å²) in [6.07, 6.45) is 6.81. The van der Waals surface area contributed by atoms with Gasteiger partial charge in [-0.1, -0.05) is 6.07 Å². The van der Waals surface area contributed by atoms with E-state index in [1.807, 2.05) is 12.4 Å². The molecule has 0 radical (unpaired) electrons. The summed E-state index contributed by atoms with van der Waals surface area (Å²) in [5, 5.41) is 10.2. The van der Waals surface area contributed by atoms with E-state index >= 15 is 0 Å². The highest BCUT2D eigenvalue weighted by atomic mass is 16.5. The molecule has 2 fully saturated rings. The Balaban J connectivity index is 1.69. The zero-order valence-electron chi connectivity index (χ0n) is 12.2. The molecule has 3 unspecified atom stereocenters. The van der Waals surface area contributed by atoms with Gasteiger partial charge in [-0.05, 0) is 43.9 Å². The molecular formula is C16H24N2O2. The molecule has 20 heavy (non-hydrogen) atoms. The topological polar surface area (TPSA) is 45.6 Å². The number of hydrogen-bond donors (Lipinski definition) is 1. The zero-order chi connectivity index (χ0) is 13.9. The fourth-order valence-corrected chi connectivity index (χ4v) is 3.59. The van der Waals surface area contributed by atoms with Gasteiger partial charge in [-0.2, -0.15) is 0 Å². The maximum atomic E-state index is 10.2. The molecule has 4 heteroatoms. The minimum absolute atomic E-state index is 0.204. The lowest BCUT2D eigenvalue weighted by molar-refractivity contribution is -0.0636. The lowest BCUT2D eigenvalue weighted by atomic mass is 9.89. The molecule has 3 rings (SSSR count). The van der Waals surface area contributed by atoms with Crippen molar-refractivity contribution < 1.29 is 9.84 Å². The van der Waals surface area contributed by atoms with Gasteiger partial charge in [-0.15, -0.1) is 0 Å². The third kappa shape index (κ3) is 3.03. The van der Waals surface area contributed by atoms with Crippen LogP contribution in [0.5, 0.6) is 0 Å². The van der Waals surface area contributed by atoms with Crippen molar-refractivity contribution in [3.05, 3.63) is 29.6 Å². The maximum absolute atomic E-state index is 10.2. The molecular weight excluding hydrogens is 252 g/mol. The van der Waals surface area contributed by atoms with Crippen LogP contribution in [-0.2, 0) is 11.3 Å². The Bertz CT molecular complexity index is 452. The Labute approximate surface area is 120 Å². The molecule has 1 aromatic rings. The van der Waals surface area contributed by atoms with Crippen LogP contribution in [0.25, 0.3) is 0 Å². The third-order valence-corrected chi connectivity index (χ3v) is 4.59. The summed E-state index contributed by atoms with van der Waals surface area (Å²) < 4.78 is 5.58. The molecule has 2 aliphatic heterocycles. The number of pyridine rings is 1. The number of aromatic nitrogens is 1. The van der Waals surface area contributed by atoms with Gasteiger partial charge in [-0.25, -0.2) is 0 Å². The maximum Gasteiger partial charge on any atom is 0.0627 e. The second-order valence-electron chi connectivity index (χ2n) is 6.15. The van der Waals surface area contributed by atoms with Gasteiger partial charge in [0.1, 0.15) is 0 Å². The number of aliphatic hydroxyl groups is 1. The van der Waals surface area contributed by atoms with Crippen LogP contribution in [0, 0.1) is 12.8 Å². The van der Waals surface area contributed by atoms with Crippen LogP contribution in [0.2, 0.25) is 0 Å². The first kappa shape index (κ1) is 14.0. The van der Waals surface area contributed by atoms with Crippen molar-refractivity contribution in [3.63, 3.8) is 0 Å². The monoisotopic (exact) mass is 276 g/mol. The molecule has 0 saturated carbocycles. The highest BCUT2D eigenvalue weighted by Crippen LogP contribution is 2.30. The first-order valence-corrected chi connectivity index (χ1v) is 7.64. The number of rotatable bonds is 3. The number of likely N-dealkylation sites (tertiary alicyclic amines) is 1. The van der Waals surface area contributed by atoms with Gasteiger partial charge >= 0.3 is 0 Å². The van der Waals surface area contributed by atoms with Crippen LogP contribution in [0.15, 0.2) is 18.5 Å². The van der Waals surface area contributed by atoms with Gasteiger partial charge in [0, 0.05) is 37.5 Å². The van der Waals surface area contributed by atoms with Gasteiger partial charge in [-0.3, -0.25) is 9.88 Å². The van der Waals surface area contributed by atoms with Crippen molar-refractivity contribution in [3.8, 4) is 0 Å². The van der Waals surface area contributed by atoms with E-state index in [0.29, 0.717) is 19.3 Å². The van der Waals surface area contributed by atoms with Crippen molar-refractivity contribution in [2.24, 2.45) is 5.92 Å². The van der Waals surface area contributed by atoms with E-state index in [2.05, 4.69) is 22.9 Å². The smallest absolute Gasteiger partial charge is 0.0627 e. The van der Waals surface area contributed by atoms with Crippen LogP contribution in [0.1, 0.15) is 30.4 Å². The van der Waals surface area contributed by atoms with Gasteiger partial charge < -0.3 is 9.84 Å². The van der Waals surface area contributed by atoms with E-state index in [-0.39, 0.29) is 12.0 Å². The van der Waals surface area contributed by atoms with E-state index in [4.69, 9.17) is 4.74 Å². The van der Waals surface area contributed by atoms with Gasteiger partial charge in [0.2, 0.25) is 0 Å². The molecule has 0 amide bonds. The minimum Gasteiger partial charge on any atom is -0.393 e. The molecule has 0 spiro atoms. The second kappa shape index (κ2) is 6.20. The Morgan fingerprint density at radius 2 is 2.30 bits per heavy atom. The van der Waals surface area contributed by atoms with Crippen molar-refractivity contribution in [1.29, 1.82) is 0 Å².